The summed E-state index contributed by atoms with van der Waals surface area (Å²) in [5, 5.41) is 18.2. The Kier molecular flexibility index (Phi) is 12.9. The van der Waals surface area contributed by atoms with Crippen molar-refractivity contribution >= 4 is 29.3 Å². The molecule has 12 nitrogen and oxygen atoms in total. The van der Waals surface area contributed by atoms with Gasteiger partial charge >= 0.3 is 5.97 Å². The van der Waals surface area contributed by atoms with Crippen LogP contribution in [0.3, 0.4) is 0 Å². The molecule has 1 aromatic carbocycles. The van der Waals surface area contributed by atoms with E-state index in [4.69, 9.17) is 10.8 Å². The number of benzene rings is 1. The van der Waals surface area contributed by atoms with Crippen molar-refractivity contribution in [1.82, 2.24) is 24.6 Å². The number of pyridine rings is 1. The molecule has 4 N–H and O–H groups in total. The molecule has 2 aromatic heterocycles. The Morgan fingerprint density at radius 2 is 1.74 bits per heavy atom. The van der Waals surface area contributed by atoms with Crippen molar-refractivity contribution in [3.63, 3.8) is 0 Å². The highest BCUT2D eigenvalue weighted by molar-refractivity contribution is 5.78. The largest absolute Gasteiger partial charge is 0.481 e. The molecule has 2 aliphatic heterocycles. The highest BCUT2D eigenvalue weighted by atomic mass is 16.4. The number of nitrogens with zero attached hydrogens (tertiary/aromatic N) is 6. The monoisotopic (exact) mass is 686 g/mol. The molecule has 2 aliphatic rings. The summed E-state index contributed by atoms with van der Waals surface area (Å²) in [5.74, 6) is 0.220. The molecule has 0 saturated carbocycles. The van der Waals surface area contributed by atoms with Crippen LogP contribution in [-0.2, 0) is 14.4 Å². The fourth-order valence-electron chi connectivity index (χ4n) is 7.37. The number of likely N-dealkylation sites (tertiary alicyclic amines) is 1. The third-order valence-corrected chi connectivity index (χ3v) is 9.99. The summed E-state index contributed by atoms with van der Waals surface area (Å²) >= 11 is 0. The molecule has 0 bridgehead atoms. The molecule has 2 amide bonds. The van der Waals surface area contributed by atoms with Crippen molar-refractivity contribution in [2.45, 2.75) is 78.1 Å². The van der Waals surface area contributed by atoms with Gasteiger partial charge in [0.05, 0.1) is 17.8 Å². The summed E-state index contributed by atoms with van der Waals surface area (Å²) in [4.78, 5) is 47.1. The number of hydrogen-bond donors (Lipinski definition) is 3. The van der Waals surface area contributed by atoms with Gasteiger partial charge in [0.2, 0.25) is 11.8 Å². The number of amides is 2. The van der Waals surface area contributed by atoms with E-state index in [1.807, 2.05) is 41.8 Å². The maximum Gasteiger partial charge on any atom is 0.304 e. The Balaban J connectivity index is 1.24. The van der Waals surface area contributed by atoms with Crippen molar-refractivity contribution in [2.24, 2.45) is 11.7 Å². The van der Waals surface area contributed by atoms with E-state index in [0.717, 1.165) is 73.0 Å². The summed E-state index contributed by atoms with van der Waals surface area (Å²) in [7, 11) is 0. The predicted molar refractivity (Wildman–Crippen MR) is 196 cm³/mol. The Morgan fingerprint density at radius 3 is 2.44 bits per heavy atom. The summed E-state index contributed by atoms with van der Waals surface area (Å²) in [5.41, 5.74) is 11.3. The van der Waals surface area contributed by atoms with Crippen LogP contribution in [0.1, 0.15) is 79.8 Å². The van der Waals surface area contributed by atoms with Crippen LogP contribution < -0.4 is 16.0 Å². The maximum atomic E-state index is 12.8. The smallest absolute Gasteiger partial charge is 0.304 e. The molecule has 2 atom stereocenters. The number of nitrogens with two attached hydrogens (primary N) is 1. The first-order chi connectivity index (χ1) is 24.0. The topological polar surface area (TPSA) is 150 Å². The van der Waals surface area contributed by atoms with E-state index < -0.39 is 5.97 Å². The minimum absolute atomic E-state index is 0.0460. The third kappa shape index (κ3) is 10.5. The normalized spacial score (nSPS) is 17.2. The van der Waals surface area contributed by atoms with E-state index in [-0.39, 0.29) is 30.6 Å². The number of anilines is 2. The molecule has 0 radical (unpaired) electrons. The zero-order chi connectivity index (χ0) is 35.6. The molecule has 50 heavy (non-hydrogen) atoms. The number of hydrogen-bond acceptors (Lipinski definition) is 8. The lowest BCUT2D eigenvalue weighted by molar-refractivity contribution is -0.137. The molecule has 5 rings (SSSR count). The van der Waals surface area contributed by atoms with Crippen LogP contribution in [0.5, 0.6) is 0 Å². The van der Waals surface area contributed by atoms with Crippen molar-refractivity contribution in [3.8, 4) is 5.69 Å². The van der Waals surface area contributed by atoms with E-state index >= 15 is 0 Å². The number of carboxylic acids is 1. The highest BCUT2D eigenvalue weighted by Crippen LogP contribution is 2.32. The van der Waals surface area contributed by atoms with Gasteiger partial charge in [-0.2, -0.15) is 5.10 Å². The van der Waals surface area contributed by atoms with Gasteiger partial charge in [0.25, 0.3) is 0 Å². The van der Waals surface area contributed by atoms with E-state index in [1.54, 1.807) is 0 Å². The van der Waals surface area contributed by atoms with E-state index in [1.165, 1.54) is 12.0 Å². The number of primary amides is 1. The van der Waals surface area contributed by atoms with Gasteiger partial charge in [0.15, 0.2) is 0 Å². The Bertz CT molecular complexity index is 1620. The second-order valence-corrected chi connectivity index (χ2v) is 14.2. The van der Waals surface area contributed by atoms with Gasteiger partial charge in [-0.05, 0) is 106 Å². The zero-order valence-electron chi connectivity index (χ0n) is 29.9. The first-order valence-corrected chi connectivity index (χ1v) is 18.1. The zero-order valence-corrected chi connectivity index (χ0v) is 29.9. The van der Waals surface area contributed by atoms with Crippen molar-refractivity contribution < 1.29 is 19.5 Å². The molecule has 0 aliphatic carbocycles. The second-order valence-electron chi connectivity index (χ2n) is 14.2. The Labute approximate surface area is 296 Å². The van der Waals surface area contributed by atoms with Crippen molar-refractivity contribution in [3.05, 3.63) is 65.1 Å². The maximum absolute atomic E-state index is 12.8. The van der Waals surface area contributed by atoms with Crippen LogP contribution in [0, 0.1) is 26.7 Å². The first-order valence-electron chi connectivity index (χ1n) is 18.1. The molecule has 4 heterocycles. The number of piperazine rings is 1. The first kappa shape index (κ1) is 36.8. The molecule has 2 fully saturated rings. The van der Waals surface area contributed by atoms with Crippen LogP contribution >= 0.6 is 0 Å². The SMILES string of the molecule is Cc1ccnc(NCCCC[C@@H]2CCN(C[C@@H](CC(=O)O)c3cc(N4CCN(C(=O)CCCC(N)=O)CC4)cc(-n4nc(C)cc4C)c3)C2)c1. The highest BCUT2D eigenvalue weighted by Gasteiger charge is 2.28. The molecule has 0 unspecified atom stereocenters. The van der Waals surface area contributed by atoms with Gasteiger partial charge in [-0.1, -0.05) is 6.42 Å². The summed E-state index contributed by atoms with van der Waals surface area (Å²) in [6.45, 7) is 12.1. The molecule has 2 saturated heterocycles. The van der Waals surface area contributed by atoms with E-state index in [0.29, 0.717) is 51.5 Å². The number of carbonyl (C=O) groups is 3. The average Bonchev–Trinajstić information content (AvgIpc) is 3.68. The predicted octanol–water partition coefficient (Wildman–Crippen LogP) is 4.66. The molecule has 270 valence electrons. The Hall–Kier alpha value is -4.45. The fraction of sp³-hybridized carbons (Fsp3) is 0.553. The summed E-state index contributed by atoms with van der Waals surface area (Å²) in [6.07, 6.45) is 7.43. The van der Waals surface area contributed by atoms with E-state index in [2.05, 4.69) is 51.3 Å². The molecular formula is C38H54N8O4. The van der Waals surface area contributed by atoms with Gasteiger partial charge < -0.3 is 30.9 Å². The second kappa shape index (κ2) is 17.5. The lowest BCUT2D eigenvalue weighted by Gasteiger charge is -2.37. The minimum atomic E-state index is -0.803. The van der Waals surface area contributed by atoms with Crippen LogP contribution in [-0.4, -0.2) is 99.8 Å². The number of unbranched alkanes of at least 4 members (excludes halogenated alkanes) is 1. The number of carboxylic acid groups (broad SMARTS) is 1. The lowest BCUT2D eigenvalue weighted by atomic mass is 9.93. The number of carbonyl (C=O) groups excluding carboxylic acids is 2. The van der Waals surface area contributed by atoms with Crippen LogP contribution in [0.2, 0.25) is 0 Å². The number of aryl methyl sites for hydroxylation is 3. The van der Waals surface area contributed by atoms with Gasteiger partial charge in [-0.15, -0.1) is 0 Å². The fourth-order valence-corrected chi connectivity index (χ4v) is 7.37. The lowest BCUT2D eigenvalue weighted by Crippen LogP contribution is -2.48. The third-order valence-electron chi connectivity index (χ3n) is 9.99. The van der Waals surface area contributed by atoms with Gasteiger partial charge in [-0.25, -0.2) is 9.67 Å². The number of aliphatic carboxylic acids is 1. The number of rotatable bonds is 17. The quantitative estimate of drug-likeness (QED) is 0.172. The minimum Gasteiger partial charge on any atom is -0.481 e. The number of aromatic nitrogens is 3. The molecular weight excluding hydrogens is 632 g/mol. The van der Waals surface area contributed by atoms with Gasteiger partial charge in [0.1, 0.15) is 5.82 Å². The molecule has 12 heteroatoms. The summed E-state index contributed by atoms with van der Waals surface area (Å²) in [6, 6.07) is 12.5. The van der Waals surface area contributed by atoms with Gasteiger partial charge in [0, 0.05) is 82.2 Å². The van der Waals surface area contributed by atoms with E-state index in [9.17, 15) is 19.5 Å². The van der Waals surface area contributed by atoms with Crippen LogP contribution in [0.15, 0.2) is 42.6 Å². The standard InChI is InChI=1S/C38H54N8O4/c1-27-10-13-41-36(19-27)40-12-5-4-7-30-11-14-43(25-30)26-32(23-38(49)50)31-21-33(24-34(22-31)46-29(3)20-28(2)42-46)44-15-17-45(18-16-44)37(48)9-6-8-35(39)47/h10,13,19-22,24,30,32H,4-9,11-12,14-18,23,25-26H2,1-3H3,(H2,39,47)(H,40,41)(H,49,50)/t30-,32-/m1/s1. The molecule has 3 aromatic rings. The molecule has 0 spiro atoms. The number of nitrogens with one attached hydrogen (secondary N) is 1. The van der Waals surface area contributed by atoms with Crippen LogP contribution in [0.25, 0.3) is 5.69 Å². The van der Waals surface area contributed by atoms with Crippen LogP contribution in [0.4, 0.5) is 11.5 Å². The summed E-state index contributed by atoms with van der Waals surface area (Å²) < 4.78 is 1.94. The van der Waals surface area contributed by atoms with Gasteiger partial charge in [-0.3, -0.25) is 14.4 Å². The average molecular weight is 687 g/mol. The van der Waals surface area contributed by atoms with Crippen molar-refractivity contribution in [1.29, 1.82) is 0 Å². The Morgan fingerprint density at radius 1 is 0.960 bits per heavy atom. The van der Waals surface area contributed by atoms with Crippen molar-refractivity contribution in [2.75, 3.05) is 62.6 Å².